The first-order valence-corrected chi connectivity index (χ1v) is 5.72. The second-order valence-electron chi connectivity index (χ2n) is 4.38. The summed E-state index contributed by atoms with van der Waals surface area (Å²) in [6.07, 6.45) is 0.981. The topological polar surface area (TPSA) is 12.0 Å². The summed E-state index contributed by atoms with van der Waals surface area (Å²) in [4.78, 5) is 0. The van der Waals surface area contributed by atoms with Gasteiger partial charge in [-0.2, -0.15) is 0 Å². The van der Waals surface area contributed by atoms with E-state index in [1.165, 1.54) is 12.1 Å². The predicted octanol–water partition coefficient (Wildman–Crippen LogP) is 3.49. The minimum atomic E-state index is -0.393. The molecule has 0 radical (unpaired) electrons. The quantitative estimate of drug-likeness (QED) is 0.812. The predicted molar refractivity (Wildman–Crippen MR) is 62.1 cm³/mol. The number of nitrogens with one attached hydrogen (secondary N) is 1. The molecule has 1 unspecified atom stereocenters. The molecule has 90 valence electrons. The Morgan fingerprint density at radius 2 is 1.94 bits per heavy atom. The molecule has 0 saturated carbocycles. The maximum absolute atomic E-state index is 13.3. The number of rotatable bonds is 5. The van der Waals surface area contributed by atoms with Crippen molar-refractivity contribution < 1.29 is 8.78 Å². The maximum Gasteiger partial charge on any atom is 0.127 e. The Balaban J connectivity index is 2.63. The van der Waals surface area contributed by atoms with Crippen LogP contribution in [0.1, 0.15) is 32.8 Å². The molecular formula is C13H19F2N. The van der Waals surface area contributed by atoms with E-state index in [9.17, 15) is 8.78 Å². The smallest absolute Gasteiger partial charge is 0.127 e. The molecule has 0 aliphatic heterocycles. The van der Waals surface area contributed by atoms with Crippen LogP contribution in [0.15, 0.2) is 18.2 Å². The van der Waals surface area contributed by atoms with E-state index in [0.29, 0.717) is 24.1 Å². The highest BCUT2D eigenvalue weighted by molar-refractivity contribution is 5.18. The largest absolute Gasteiger partial charge is 0.310 e. The van der Waals surface area contributed by atoms with Crippen molar-refractivity contribution in [2.75, 3.05) is 0 Å². The summed E-state index contributed by atoms with van der Waals surface area (Å²) in [6, 6.07) is 3.89. The average molecular weight is 227 g/mol. The normalized spacial score (nSPS) is 13.1. The van der Waals surface area contributed by atoms with Crippen LogP contribution in [0.5, 0.6) is 0 Å². The summed E-state index contributed by atoms with van der Waals surface area (Å²) in [5.41, 5.74) is 0.388. The van der Waals surface area contributed by atoms with Gasteiger partial charge in [0.2, 0.25) is 0 Å². The Kier molecular flexibility index (Phi) is 4.87. The monoisotopic (exact) mass is 227 g/mol. The van der Waals surface area contributed by atoms with E-state index < -0.39 is 5.82 Å². The van der Waals surface area contributed by atoms with Crippen molar-refractivity contribution >= 4 is 0 Å². The van der Waals surface area contributed by atoms with E-state index in [2.05, 4.69) is 26.1 Å². The van der Waals surface area contributed by atoms with Crippen molar-refractivity contribution in [3.8, 4) is 0 Å². The first kappa shape index (κ1) is 13.1. The highest BCUT2D eigenvalue weighted by atomic mass is 19.1. The molecule has 0 aliphatic carbocycles. The van der Waals surface area contributed by atoms with Crippen LogP contribution in [-0.2, 0) is 6.54 Å². The average Bonchev–Trinajstić information content (AvgIpc) is 2.23. The van der Waals surface area contributed by atoms with Crippen molar-refractivity contribution in [3.63, 3.8) is 0 Å². The summed E-state index contributed by atoms with van der Waals surface area (Å²) in [5.74, 6) is -0.259. The second-order valence-corrected chi connectivity index (χ2v) is 4.38. The van der Waals surface area contributed by atoms with E-state index in [0.717, 1.165) is 12.5 Å². The molecule has 16 heavy (non-hydrogen) atoms. The molecular weight excluding hydrogens is 208 g/mol. The maximum atomic E-state index is 13.3. The van der Waals surface area contributed by atoms with Gasteiger partial charge in [-0.05, 0) is 30.5 Å². The van der Waals surface area contributed by atoms with Gasteiger partial charge in [-0.1, -0.05) is 20.8 Å². The first-order chi connectivity index (χ1) is 7.54. The number of hydrogen-bond donors (Lipinski definition) is 1. The Labute approximate surface area is 95.9 Å². The lowest BCUT2D eigenvalue weighted by Gasteiger charge is -2.20. The zero-order chi connectivity index (χ0) is 12.1. The molecule has 3 heteroatoms. The highest BCUT2D eigenvalue weighted by Gasteiger charge is 2.11. The highest BCUT2D eigenvalue weighted by Crippen LogP contribution is 2.11. The third-order valence-electron chi connectivity index (χ3n) is 2.81. The molecule has 1 aromatic rings. The number of benzene rings is 1. The molecule has 1 rings (SSSR count). The van der Waals surface area contributed by atoms with Gasteiger partial charge in [0.15, 0.2) is 0 Å². The van der Waals surface area contributed by atoms with Gasteiger partial charge in [0.1, 0.15) is 11.6 Å². The molecule has 1 N–H and O–H groups in total. The molecule has 0 heterocycles. The van der Waals surface area contributed by atoms with Gasteiger partial charge >= 0.3 is 0 Å². The van der Waals surface area contributed by atoms with Crippen molar-refractivity contribution in [2.45, 2.75) is 39.8 Å². The fraction of sp³-hybridized carbons (Fsp3) is 0.538. The fourth-order valence-corrected chi connectivity index (χ4v) is 1.77. The van der Waals surface area contributed by atoms with Gasteiger partial charge in [0, 0.05) is 18.2 Å². The lowest BCUT2D eigenvalue weighted by atomic mass is 10.0. The minimum absolute atomic E-state index is 0.336. The van der Waals surface area contributed by atoms with Crippen LogP contribution in [0.25, 0.3) is 0 Å². The van der Waals surface area contributed by atoms with Crippen LogP contribution in [0.3, 0.4) is 0 Å². The molecule has 0 saturated heterocycles. The van der Waals surface area contributed by atoms with Crippen molar-refractivity contribution in [3.05, 3.63) is 35.4 Å². The molecule has 1 atom stereocenters. The van der Waals surface area contributed by atoms with Crippen LogP contribution in [0, 0.1) is 17.6 Å². The van der Waals surface area contributed by atoms with Gasteiger partial charge in [-0.15, -0.1) is 0 Å². The third-order valence-corrected chi connectivity index (χ3v) is 2.81. The first-order valence-electron chi connectivity index (χ1n) is 5.72. The summed E-state index contributed by atoms with van der Waals surface area (Å²) >= 11 is 0. The van der Waals surface area contributed by atoms with Crippen molar-refractivity contribution in [1.29, 1.82) is 0 Å². The van der Waals surface area contributed by atoms with Crippen LogP contribution in [-0.4, -0.2) is 6.04 Å². The summed E-state index contributed by atoms with van der Waals surface area (Å²) in [6.45, 7) is 6.69. The second kappa shape index (κ2) is 5.94. The Hall–Kier alpha value is -0.960. The van der Waals surface area contributed by atoms with Crippen molar-refractivity contribution in [1.82, 2.24) is 5.32 Å². The van der Waals surface area contributed by atoms with Gasteiger partial charge in [0.05, 0.1) is 0 Å². The lowest BCUT2D eigenvalue weighted by molar-refractivity contribution is 0.384. The van der Waals surface area contributed by atoms with E-state index in [1.54, 1.807) is 0 Å². The van der Waals surface area contributed by atoms with E-state index in [4.69, 9.17) is 0 Å². The summed E-state index contributed by atoms with van der Waals surface area (Å²) in [7, 11) is 0. The van der Waals surface area contributed by atoms with Crippen LogP contribution >= 0.6 is 0 Å². The Bertz CT molecular complexity index is 337. The van der Waals surface area contributed by atoms with Gasteiger partial charge in [-0.3, -0.25) is 0 Å². The molecule has 0 fully saturated rings. The SMILES string of the molecule is CCC(NCc1cc(F)ccc1F)C(C)C. The summed E-state index contributed by atoms with van der Waals surface area (Å²) in [5, 5.41) is 3.25. The molecule has 1 nitrogen and oxygen atoms in total. The molecule has 1 aromatic carbocycles. The lowest BCUT2D eigenvalue weighted by Crippen LogP contribution is -2.32. The molecule has 0 bridgehead atoms. The number of hydrogen-bond acceptors (Lipinski definition) is 1. The molecule has 0 amide bonds. The van der Waals surface area contributed by atoms with Gasteiger partial charge < -0.3 is 5.32 Å². The Morgan fingerprint density at radius 1 is 1.25 bits per heavy atom. The van der Waals surface area contributed by atoms with Crippen LogP contribution in [0.2, 0.25) is 0 Å². The van der Waals surface area contributed by atoms with Crippen LogP contribution in [0.4, 0.5) is 8.78 Å². The molecule has 0 aromatic heterocycles. The summed E-state index contributed by atoms with van der Waals surface area (Å²) < 4.78 is 26.2. The van der Waals surface area contributed by atoms with E-state index in [1.807, 2.05) is 0 Å². The standard InChI is InChI=1S/C13H19F2N/c1-4-13(9(2)3)16-8-10-7-11(14)5-6-12(10)15/h5-7,9,13,16H,4,8H2,1-3H3. The van der Waals surface area contributed by atoms with Crippen molar-refractivity contribution in [2.24, 2.45) is 5.92 Å². The minimum Gasteiger partial charge on any atom is -0.310 e. The zero-order valence-electron chi connectivity index (χ0n) is 10.1. The van der Waals surface area contributed by atoms with Crippen LogP contribution < -0.4 is 5.32 Å². The molecule has 0 spiro atoms. The molecule has 0 aliphatic rings. The van der Waals surface area contributed by atoms with E-state index >= 15 is 0 Å². The zero-order valence-corrected chi connectivity index (χ0v) is 10.1. The number of halogens is 2. The third kappa shape index (κ3) is 3.56. The van der Waals surface area contributed by atoms with E-state index in [-0.39, 0.29) is 5.82 Å². The van der Waals surface area contributed by atoms with Gasteiger partial charge in [0.25, 0.3) is 0 Å². The van der Waals surface area contributed by atoms with Gasteiger partial charge in [-0.25, -0.2) is 8.78 Å². The Morgan fingerprint density at radius 3 is 2.50 bits per heavy atom. The fourth-order valence-electron chi connectivity index (χ4n) is 1.77.